The molecule has 1 aliphatic heterocycles. The Morgan fingerprint density at radius 3 is 2.74 bits per heavy atom. The molecule has 23 heavy (non-hydrogen) atoms. The van der Waals surface area contributed by atoms with E-state index in [0.29, 0.717) is 5.56 Å². The lowest BCUT2D eigenvalue weighted by atomic mass is 10.1. The van der Waals surface area contributed by atoms with Crippen molar-refractivity contribution in [3.05, 3.63) is 30.0 Å². The van der Waals surface area contributed by atoms with Crippen molar-refractivity contribution in [1.82, 2.24) is 20.2 Å². The van der Waals surface area contributed by atoms with Gasteiger partial charge in [0.1, 0.15) is 5.57 Å². The van der Waals surface area contributed by atoms with Gasteiger partial charge >= 0.3 is 6.01 Å². The quantitative estimate of drug-likeness (QED) is 0.358. The van der Waals surface area contributed by atoms with E-state index in [9.17, 15) is 9.59 Å². The fourth-order valence-corrected chi connectivity index (χ4v) is 2.12. The van der Waals surface area contributed by atoms with Crippen LogP contribution in [-0.2, 0) is 9.59 Å². The van der Waals surface area contributed by atoms with Gasteiger partial charge in [-0.1, -0.05) is 6.08 Å². The summed E-state index contributed by atoms with van der Waals surface area (Å²) in [6.45, 7) is 3.74. The Morgan fingerprint density at radius 2 is 2.13 bits per heavy atom. The second kappa shape index (κ2) is 6.97. The molecule has 0 saturated carbocycles. The van der Waals surface area contributed by atoms with Gasteiger partial charge in [0.25, 0.3) is 11.8 Å². The predicted molar refractivity (Wildman–Crippen MR) is 85.8 cm³/mol. The Balaban J connectivity index is 2.44. The van der Waals surface area contributed by atoms with E-state index in [0.717, 1.165) is 0 Å². The zero-order valence-corrected chi connectivity index (χ0v) is 13.3. The van der Waals surface area contributed by atoms with Gasteiger partial charge in [-0.2, -0.15) is 4.98 Å². The summed E-state index contributed by atoms with van der Waals surface area (Å²) in [6, 6.07) is 0.109. The van der Waals surface area contributed by atoms with Crippen LogP contribution < -0.4 is 14.8 Å². The van der Waals surface area contributed by atoms with E-state index >= 15 is 0 Å². The van der Waals surface area contributed by atoms with E-state index in [4.69, 9.17) is 21.7 Å². The largest absolute Gasteiger partial charge is 0.480 e. The minimum Gasteiger partial charge on any atom is -0.480 e. The fourth-order valence-electron chi connectivity index (χ4n) is 1.87. The highest BCUT2D eigenvalue weighted by atomic mass is 32.1. The molecule has 2 rings (SSSR count). The zero-order valence-electron chi connectivity index (χ0n) is 12.5. The highest BCUT2D eigenvalue weighted by Crippen LogP contribution is 2.22. The summed E-state index contributed by atoms with van der Waals surface area (Å²) in [4.78, 5) is 33.6. The molecule has 2 amide bonds. The molecule has 2 heterocycles. The molecule has 1 aliphatic rings. The number of aromatic nitrogens is 2. The molecule has 1 fully saturated rings. The predicted octanol–water partition coefficient (Wildman–Crippen LogP) is 0.306. The van der Waals surface area contributed by atoms with Gasteiger partial charge in [0, 0.05) is 12.7 Å². The Kier molecular flexibility index (Phi) is 5.02. The average Bonchev–Trinajstić information content (AvgIpc) is 2.55. The summed E-state index contributed by atoms with van der Waals surface area (Å²) in [7, 11) is 2.82. The van der Waals surface area contributed by atoms with Gasteiger partial charge < -0.3 is 9.47 Å². The number of rotatable bonds is 5. The molecule has 8 nitrogen and oxygen atoms in total. The van der Waals surface area contributed by atoms with Crippen molar-refractivity contribution >= 4 is 35.2 Å². The summed E-state index contributed by atoms with van der Waals surface area (Å²) >= 11 is 4.98. The first-order valence-corrected chi connectivity index (χ1v) is 6.87. The van der Waals surface area contributed by atoms with E-state index in [-0.39, 0.29) is 29.1 Å². The maximum atomic E-state index is 12.4. The van der Waals surface area contributed by atoms with Crippen LogP contribution in [0.15, 0.2) is 24.4 Å². The lowest BCUT2D eigenvalue weighted by Gasteiger charge is -2.27. The third-order valence-electron chi connectivity index (χ3n) is 2.93. The molecule has 0 atom stereocenters. The van der Waals surface area contributed by atoms with E-state index in [1.54, 1.807) is 0 Å². The lowest BCUT2D eigenvalue weighted by Crippen LogP contribution is -2.53. The van der Waals surface area contributed by atoms with Crippen molar-refractivity contribution in [3.63, 3.8) is 0 Å². The van der Waals surface area contributed by atoms with Crippen molar-refractivity contribution in [2.24, 2.45) is 0 Å². The number of hydrogen-bond acceptors (Lipinski definition) is 7. The monoisotopic (exact) mass is 334 g/mol. The standard InChI is InChI=1S/C14H14N4O4S/c1-4-5-18-12(20)9(10(19)16-14(18)23)6-8-7-15-13(22-3)17-11(8)21-2/h4,6-7H,1,5H2,2-3H3,(H,16,19,23)/b9-6+. The van der Waals surface area contributed by atoms with E-state index in [2.05, 4.69) is 21.9 Å². The van der Waals surface area contributed by atoms with Crippen LogP contribution in [0, 0.1) is 0 Å². The van der Waals surface area contributed by atoms with Gasteiger partial charge in [0.15, 0.2) is 5.11 Å². The van der Waals surface area contributed by atoms with Crippen LogP contribution in [0.4, 0.5) is 0 Å². The molecule has 120 valence electrons. The molecule has 1 aromatic heterocycles. The fraction of sp³-hybridized carbons (Fsp3) is 0.214. The van der Waals surface area contributed by atoms with Crippen molar-refractivity contribution in [2.75, 3.05) is 20.8 Å². The van der Waals surface area contributed by atoms with Gasteiger partial charge in [0.05, 0.1) is 19.8 Å². The number of thiocarbonyl (C=S) groups is 1. The van der Waals surface area contributed by atoms with Crippen molar-refractivity contribution in [3.8, 4) is 11.9 Å². The summed E-state index contributed by atoms with van der Waals surface area (Å²) in [5.41, 5.74) is 0.255. The third kappa shape index (κ3) is 3.34. The van der Waals surface area contributed by atoms with Crippen LogP contribution in [0.2, 0.25) is 0 Å². The lowest BCUT2D eigenvalue weighted by molar-refractivity contribution is -0.128. The van der Waals surface area contributed by atoms with Crippen LogP contribution >= 0.6 is 12.2 Å². The number of ether oxygens (including phenoxy) is 2. The first kappa shape index (κ1) is 16.6. The molecular weight excluding hydrogens is 320 g/mol. The second-order valence-electron chi connectivity index (χ2n) is 4.34. The molecule has 0 aromatic carbocycles. The van der Waals surface area contributed by atoms with Crippen LogP contribution in [0.5, 0.6) is 11.9 Å². The summed E-state index contributed by atoms with van der Waals surface area (Å²) in [5, 5.41) is 2.49. The summed E-state index contributed by atoms with van der Waals surface area (Å²) in [6.07, 6.45) is 4.24. The average molecular weight is 334 g/mol. The first-order chi connectivity index (χ1) is 11.0. The van der Waals surface area contributed by atoms with E-state index in [1.807, 2.05) is 0 Å². The van der Waals surface area contributed by atoms with Crippen LogP contribution in [0.25, 0.3) is 6.08 Å². The number of nitrogens with one attached hydrogen (secondary N) is 1. The summed E-state index contributed by atoms with van der Waals surface area (Å²) in [5.74, 6) is -0.955. The number of hydrogen-bond donors (Lipinski definition) is 1. The highest BCUT2D eigenvalue weighted by molar-refractivity contribution is 7.80. The molecule has 1 N–H and O–H groups in total. The maximum Gasteiger partial charge on any atom is 0.319 e. The Morgan fingerprint density at radius 1 is 1.39 bits per heavy atom. The SMILES string of the molecule is C=CCN1C(=O)/C(=C/c2cnc(OC)nc2OC)C(=O)NC1=S. The normalized spacial score (nSPS) is 16.3. The molecule has 0 unspecified atom stereocenters. The Labute approximate surface area is 137 Å². The highest BCUT2D eigenvalue weighted by Gasteiger charge is 2.32. The second-order valence-corrected chi connectivity index (χ2v) is 4.73. The first-order valence-electron chi connectivity index (χ1n) is 6.46. The van der Waals surface area contributed by atoms with Gasteiger partial charge in [-0.05, 0) is 18.3 Å². The molecule has 0 radical (unpaired) electrons. The molecule has 0 bridgehead atoms. The van der Waals surface area contributed by atoms with Crippen molar-refractivity contribution < 1.29 is 19.1 Å². The minimum atomic E-state index is -0.599. The van der Waals surface area contributed by atoms with Gasteiger partial charge in [-0.15, -0.1) is 6.58 Å². The Bertz CT molecular complexity index is 717. The smallest absolute Gasteiger partial charge is 0.319 e. The van der Waals surface area contributed by atoms with Gasteiger partial charge in [0.2, 0.25) is 5.88 Å². The number of carbonyl (C=O) groups is 2. The number of amides is 2. The zero-order chi connectivity index (χ0) is 17.0. The third-order valence-corrected chi connectivity index (χ3v) is 3.25. The van der Waals surface area contributed by atoms with Crippen molar-refractivity contribution in [2.45, 2.75) is 0 Å². The van der Waals surface area contributed by atoms with Crippen LogP contribution in [0.3, 0.4) is 0 Å². The summed E-state index contributed by atoms with van der Waals surface area (Å²) < 4.78 is 10.0. The molecule has 0 spiro atoms. The van der Waals surface area contributed by atoms with Gasteiger partial charge in [-0.3, -0.25) is 19.8 Å². The van der Waals surface area contributed by atoms with Crippen molar-refractivity contribution in [1.29, 1.82) is 0 Å². The number of methoxy groups -OCH3 is 2. The minimum absolute atomic E-state index is 0.0370. The van der Waals surface area contributed by atoms with Gasteiger partial charge in [-0.25, -0.2) is 4.98 Å². The topological polar surface area (TPSA) is 93.7 Å². The molecule has 9 heteroatoms. The van der Waals surface area contributed by atoms with E-state index < -0.39 is 11.8 Å². The van der Waals surface area contributed by atoms with E-state index in [1.165, 1.54) is 37.5 Å². The number of carbonyl (C=O) groups excluding carboxylic acids is 2. The molecule has 1 aromatic rings. The number of nitrogens with zero attached hydrogens (tertiary/aromatic N) is 3. The Hall–Kier alpha value is -2.81. The molecular formula is C14H14N4O4S. The maximum absolute atomic E-state index is 12.4. The molecule has 0 aliphatic carbocycles. The van der Waals surface area contributed by atoms with Crippen LogP contribution in [-0.4, -0.2) is 52.6 Å². The molecule has 1 saturated heterocycles. The van der Waals surface area contributed by atoms with Crippen LogP contribution in [0.1, 0.15) is 5.56 Å².